The number of fused-ring (bicyclic) bond motifs is 1. The van der Waals surface area contributed by atoms with Gasteiger partial charge in [-0.05, 0) is 31.5 Å². The van der Waals surface area contributed by atoms with Crippen LogP contribution in [0.3, 0.4) is 0 Å². The molecular weight excluding hydrogens is 421 g/mol. The third kappa shape index (κ3) is 4.32. The number of nitrogens with zero attached hydrogens (tertiary/aromatic N) is 3. The van der Waals surface area contributed by atoms with E-state index >= 15 is 0 Å². The quantitative estimate of drug-likeness (QED) is 0.576. The first-order chi connectivity index (χ1) is 13.7. The van der Waals surface area contributed by atoms with Crippen LogP contribution in [0.4, 0.5) is 36.7 Å². The summed E-state index contributed by atoms with van der Waals surface area (Å²) >= 11 is 0. The summed E-state index contributed by atoms with van der Waals surface area (Å²) in [6, 6.07) is 1.40. The molecule has 0 radical (unpaired) electrons. The molecule has 1 aromatic carbocycles. The molecule has 2 aromatic heterocycles. The summed E-state index contributed by atoms with van der Waals surface area (Å²) in [6.45, 7) is 2.53. The van der Waals surface area contributed by atoms with Gasteiger partial charge in [0.05, 0.1) is 17.2 Å². The van der Waals surface area contributed by atoms with Crippen molar-refractivity contribution in [3.8, 4) is 0 Å². The highest BCUT2D eigenvalue weighted by Crippen LogP contribution is 2.36. The average Bonchev–Trinajstić information content (AvgIpc) is 3.05. The minimum atomic E-state index is -4.92. The fourth-order valence-electron chi connectivity index (χ4n) is 2.91. The zero-order valence-electron chi connectivity index (χ0n) is 15.5. The molecule has 0 aliphatic heterocycles. The fraction of sp³-hybridized carbons (Fsp3) is 0.333. The van der Waals surface area contributed by atoms with Crippen molar-refractivity contribution in [3.05, 3.63) is 59.3 Å². The van der Waals surface area contributed by atoms with Crippen molar-refractivity contribution in [1.29, 1.82) is 0 Å². The van der Waals surface area contributed by atoms with E-state index < -0.39 is 41.1 Å². The summed E-state index contributed by atoms with van der Waals surface area (Å²) in [5.74, 6) is -1.97. The lowest BCUT2D eigenvalue weighted by Gasteiger charge is -2.31. The number of rotatable bonds is 4. The smallest absolute Gasteiger partial charge is 0.388 e. The molecule has 12 heteroatoms. The normalized spacial score (nSPS) is 14.2. The van der Waals surface area contributed by atoms with Crippen LogP contribution >= 0.6 is 0 Å². The zero-order chi connectivity index (χ0) is 22.5. The summed E-state index contributed by atoms with van der Waals surface area (Å²) in [4.78, 5) is 7.29. The van der Waals surface area contributed by atoms with Gasteiger partial charge in [0, 0.05) is 18.5 Å². The van der Waals surface area contributed by atoms with Crippen molar-refractivity contribution in [2.45, 2.75) is 37.8 Å². The van der Waals surface area contributed by atoms with Crippen LogP contribution in [0, 0.1) is 5.82 Å². The lowest BCUT2D eigenvalue weighted by atomic mass is 9.91. The van der Waals surface area contributed by atoms with Gasteiger partial charge in [-0.2, -0.15) is 26.3 Å². The van der Waals surface area contributed by atoms with Gasteiger partial charge in [0.15, 0.2) is 5.69 Å². The van der Waals surface area contributed by atoms with Gasteiger partial charge < -0.3 is 10.4 Å². The average molecular weight is 436 g/mol. The molecular formula is C18H15F7N4O. The van der Waals surface area contributed by atoms with E-state index in [2.05, 4.69) is 15.3 Å². The van der Waals surface area contributed by atoms with Crippen LogP contribution < -0.4 is 5.32 Å². The number of aliphatic hydroxyl groups is 1. The van der Waals surface area contributed by atoms with Crippen molar-refractivity contribution >= 4 is 11.6 Å². The first-order valence-electron chi connectivity index (χ1n) is 8.45. The molecule has 3 aromatic rings. The Hall–Kier alpha value is -2.89. The number of hydrogen-bond donors (Lipinski definition) is 2. The molecule has 162 valence electrons. The van der Waals surface area contributed by atoms with Gasteiger partial charge in [-0.25, -0.2) is 14.4 Å². The number of hydrogen-bond acceptors (Lipinski definition) is 4. The van der Waals surface area contributed by atoms with Crippen LogP contribution in [0.2, 0.25) is 0 Å². The third-order valence-electron chi connectivity index (χ3n) is 4.29. The standard InChI is InChI=1S/C18H15F7N4O/c1-16(2,30)14(9-3-4-10(11(19)7-9)17(20,21)22)28-15-27-12(18(23,24)25)8-13-26-5-6-29(13)15/h3-8,14,30H,1-2H3,(H,27,28)/t14-/m0/s1. The Morgan fingerprint density at radius 3 is 2.23 bits per heavy atom. The Kier molecular flexibility index (Phi) is 5.17. The predicted octanol–water partition coefficient (Wildman–Crippen LogP) is 4.83. The summed E-state index contributed by atoms with van der Waals surface area (Å²) in [6.07, 6.45) is -7.19. The lowest BCUT2D eigenvalue weighted by Crippen LogP contribution is -2.35. The summed E-state index contributed by atoms with van der Waals surface area (Å²) in [5, 5.41) is 13.1. The minimum Gasteiger partial charge on any atom is -0.388 e. The van der Waals surface area contributed by atoms with Gasteiger partial charge in [-0.3, -0.25) is 4.40 Å². The Bertz CT molecular complexity index is 1070. The highest BCUT2D eigenvalue weighted by Gasteiger charge is 2.37. The SMILES string of the molecule is CC(C)(O)[C@@H](Nc1nc(C(F)(F)F)cc2nccn12)c1ccc(C(F)(F)F)c(F)c1. The Morgan fingerprint density at radius 2 is 1.70 bits per heavy atom. The maximum absolute atomic E-state index is 14.0. The van der Waals surface area contributed by atoms with Crippen LogP contribution in [-0.4, -0.2) is 25.1 Å². The Morgan fingerprint density at radius 1 is 1.03 bits per heavy atom. The van der Waals surface area contributed by atoms with E-state index in [0.717, 1.165) is 10.5 Å². The number of anilines is 1. The molecule has 2 N–H and O–H groups in total. The van der Waals surface area contributed by atoms with Crippen LogP contribution in [-0.2, 0) is 12.4 Å². The van der Waals surface area contributed by atoms with Crippen molar-refractivity contribution in [2.24, 2.45) is 0 Å². The summed E-state index contributed by atoms with van der Waals surface area (Å²) < 4.78 is 93.2. The molecule has 2 heterocycles. The molecule has 0 fully saturated rings. The number of alkyl halides is 6. The largest absolute Gasteiger partial charge is 0.433 e. The monoisotopic (exact) mass is 436 g/mol. The zero-order valence-corrected chi connectivity index (χ0v) is 15.5. The van der Waals surface area contributed by atoms with E-state index in [0.29, 0.717) is 18.2 Å². The van der Waals surface area contributed by atoms with Crippen molar-refractivity contribution in [1.82, 2.24) is 14.4 Å². The van der Waals surface area contributed by atoms with E-state index in [1.54, 1.807) is 0 Å². The maximum atomic E-state index is 14.0. The van der Waals surface area contributed by atoms with Gasteiger partial charge in [0.25, 0.3) is 0 Å². The Balaban J connectivity index is 2.10. The van der Waals surface area contributed by atoms with E-state index in [-0.39, 0.29) is 17.2 Å². The summed E-state index contributed by atoms with van der Waals surface area (Å²) in [7, 11) is 0. The van der Waals surface area contributed by atoms with Crippen LogP contribution in [0.25, 0.3) is 5.65 Å². The first-order valence-corrected chi connectivity index (χ1v) is 8.45. The number of nitrogens with one attached hydrogen (secondary N) is 1. The number of imidazole rings is 1. The topological polar surface area (TPSA) is 62.5 Å². The van der Waals surface area contributed by atoms with Crippen molar-refractivity contribution in [3.63, 3.8) is 0 Å². The van der Waals surface area contributed by atoms with Crippen molar-refractivity contribution < 1.29 is 35.8 Å². The molecule has 1 atom stereocenters. The van der Waals surface area contributed by atoms with E-state index in [1.807, 2.05) is 0 Å². The highest BCUT2D eigenvalue weighted by molar-refractivity contribution is 5.49. The van der Waals surface area contributed by atoms with Crippen molar-refractivity contribution in [2.75, 3.05) is 5.32 Å². The fourth-order valence-corrected chi connectivity index (χ4v) is 2.91. The number of benzene rings is 1. The first kappa shape index (κ1) is 21.8. The Labute approximate surface area is 165 Å². The van der Waals surface area contributed by atoms with Crippen LogP contribution in [0.15, 0.2) is 36.7 Å². The van der Waals surface area contributed by atoms with E-state index in [4.69, 9.17) is 0 Å². The maximum Gasteiger partial charge on any atom is 0.433 e. The molecule has 0 saturated heterocycles. The van der Waals surface area contributed by atoms with E-state index in [1.165, 1.54) is 26.2 Å². The molecule has 0 aliphatic carbocycles. The van der Waals surface area contributed by atoms with Gasteiger partial charge >= 0.3 is 12.4 Å². The molecule has 0 aliphatic rings. The minimum absolute atomic E-state index is 0.104. The molecule has 30 heavy (non-hydrogen) atoms. The second kappa shape index (κ2) is 7.11. The summed E-state index contributed by atoms with van der Waals surface area (Å²) in [5.41, 5.74) is -4.73. The van der Waals surface area contributed by atoms with Gasteiger partial charge in [0.1, 0.15) is 11.5 Å². The lowest BCUT2D eigenvalue weighted by molar-refractivity contribution is -0.141. The van der Waals surface area contributed by atoms with Crippen LogP contribution in [0.1, 0.15) is 36.7 Å². The molecule has 0 saturated carbocycles. The molecule has 3 rings (SSSR count). The van der Waals surface area contributed by atoms with Crippen LogP contribution in [0.5, 0.6) is 0 Å². The molecule has 0 bridgehead atoms. The molecule has 0 amide bonds. The number of aromatic nitrogens is 3. The second-order valence-corrected chi connectivity index (χ2v) is 7.09. The van der Waals surface area contributed by atoms with Gasteiger partial charge in [0.2, 0.25) is 5.95 Å². The second-order valence-electron chi connectivity index (χ2n) is 7.09. The molecule has 0 spiro atoms. The molecule has 0 unspecified atom stereocenters. The highest BCUT2D eigenvalue weighted by atomic mass is 19.4. The third-order valence-corrected chi connectivity index (χ3v) is 4.29. The van der Waals surface area contributed by atoms with Gasteiger partial charge in [-0.1, -0.05) is 6.07 Å². The predicted molar refractivity (Wildman–Crippen MR) is 92.1 cm³/mol. The molecule has 5 nitrogen and oxygen atoms in total. The van der Waals surface area contributed by atoms with Gasteiger partial charge in [-0.15, -0.1) is 0 Å². The number of halogens is 7. The van der Waals surface area contributed by atoms with E-state index in [9.17, 15) is 35.8 Å².